The molecule has 0 aliphatic heterocycles. The van der Waals surface area contributed by atoms with E-state index in [-0.39, 0.29) is 11.9 Å². The second-order valence-electron chi connectivity index (χ2n) is 4.26. The zero-order chi connectivity index (χ0) is 13.0. The Balaban J connectivity index is 2.89. The van der Waals surface area contributed by atoms with Gasteiger partial charge in [-0.3, -0.25) is 4.79 Å². The Morgan fingerprint density at radius 1 is 1.47 bits per heavy atom. The van der Waals surface area contributed by atoms with Crippen LogP contribution < -0.4 is 5.32 Å². The van der Waals surface area contributed by atoms with Gasteiger partial charge >= 0.3 is 0 Å². The number of likely N-dealkylation sites (N-methyl/N-ethyl adjacent to an activating group) is 1. The van der Waals surface area contributed by atoms with E-state index in [1.165, 1.54) is 4.90 Å². The number of benzene rings is 1. The number of hydrogen-bond donors (Lipinski definition) is 1. The molecule has 0 saturated carbocycles. The van der Waals surface area contributed by atoms with Gasteiger partial charge in [0.05, 0.1) is 11.3 Å². The van der Waals surface area contributed by atoms with Crippen LogP contribution in [0.2, 0.25) is 0 Å². The van der Waals surface area contributed by atoms with Gasteiger partial charge in [-0.1, -0.05) is 6.07 Å². The minimum absolute atomic E-state index is 0.0190. The van der Waals surface area contributed by atoms with Gasteiger partial charge in [-0.2, -0.15) is 5.26 Å². The van der Waals surface area contributed by atoms with Gasteiger partial charge in [0.15, 0.2) is 0 Å². The zero-order valence-electron chi connectivity index (χ0n) is 10.6. The molecular weight excluding hydrogens is 214 g/mol. The van der Waals surface area contributed by atoms with Crippen LogP contribution in [0.3, 0.4) is 0 Å². The van der Waals surface area contributed by atoms with Crippen molar-refractivity contribution in [2.24, 2.45) is 0 Å². The van der Waals surface area contributed by atoms with Crippen LogP contribution in [0.25, 0.3) is 0 Å². The molecule has 1 aromatic carbocycles. The number of rotatable bonds is 3. The maximum atomic E-state index is 11.7. The Hall–Kier alpha value is -2.02. The Labute approximate surface area is 102 Å². The maximum Gasteiger partial charge on any atom is 0.244 e. The Bertz CT molecular complexity index is 460. The van der Waals surface area contributed by atoms with Gasteiger partial charge in [0.2, 0.25) is 5.91 Å². The molecule has 1 N–H and O–H groups in total. The lowest BCUT2D eigenvalue weighted by molar-refractivity contribution is -0.129. The number of aryl methyl sites for hydroxylation is 1. The number of anilines is 1. The summed E-state index contributed by atoms with van der Waals surface area (Å²) in [5.74, 6) is -0.0190. The summed E-state index contributed by atoms with van der Waals surface area (Å²) in [7, 11) is 3.42. The van der Waals surface area contributed by atoms with E-state index in [1.807, 2.05) is 19.1 Å². The molecule has 0 saturated heterocycles. The third-order valence-corrected chi connectivity index (χ3v) is 2.48. The molecule has 1 atom stereocenters. The van der Waals surface area contributed by atoms with E-state index in [4.69, 9.17) is 5.26 Å². The number of amides is 1. The van der Waals surface area contributed by atoms with Crippen LogP contribution in [0.5, 0.6) is 0 Å². The van der Waals surface area contributed by atoms with Crippen molar-refractivity contribution in [2.75, 3.05) is 19.4 Å². The first-order valence-electron chi connectivity index (χ1n) is 5.44. The van der Waals surface area contributed by atoms with Crippen LogP contribution >= 0.6 is 0 Å². The summed E-state index contributed by atoms with van der Waals surface area (Å²) in [6.07, 6.45) is 0. The minimum atomic E-state index is -0.347. The highest BCUT2D eigenvalue weighted by atomic mass is 16.2. The van der Waals surface area contributed by atoms with Crippen molar-refractivity contribution in [3.8, 4) is 6.07 Å². The van der Waals surface area contributed by atoms with Crippen LogP contribution in [0.1, 0.15) is 18.1 Å². The Morgan fingerprint density at radius 3 is 2.65 bits per heavy atom. The molecule has 0 aliphatic carbocycles. The fourth-order valence-electron chi connectivity index (χ4n) is 1.56. The summed E-state index contributed by atoms with van der Waals surface area (Å²) in [6, 6.07) is 7.32. The second-order valence-corrected chi connectivity index (χ2v) is 4.26. The lowest BCUT2D eigenvalue weighted by Gasteiger charge is -2.19. The van der Waals surface area contributed by atoms with Crippen molar-refractivity contribution in [2.45, 2.75) is 19.9 Å². The van der Waals surface area contributed by atoms with Gasteiger partial charge in [0.1, 0.15) is 12.1 Å². The summed E-state index contributed by atoms with van der Waals surface area (Å²) in [5, 5.41) is 12.1. The van der Waals surface area contributed by atoms with Gasteiger partial charge in [-0.05, 0) is 31.5 Å². The van der Waals surface area contributed by atoms with E-state index in [2.05, 4.69) is 11.4 Å². The summed E-state index contributed by atoms with van der Waals surface area (Å²) < 4.78 is 0. The number of carbonyl (C=O) groups is 1. The fourth-order valence-corrected chi connectivity index (χ4v) is 1.56. The highest BCUT2D eigenvalue weighted by Crippen LogP contribution is 2.17. The van der Waals surface area contributed by atoms with E-state index >= 15 is 0 Å². The van der Waals surface area contributed by atoms with Crippen molar-refractivity contribution < 1.29 is 4.79 Å². The van der Waals surface area contributed by atoms with Crippen molar-refractivity contribution >= 4 is 11.6 Å². The Kier molecular flexibility index (Phi) is 4.11. The Morgan fingerprint density at radius 2 is 2.12 bits per heavy atom. The summed E-state index contributed by atoms with van der Waals surface area (Å²) in [6.45, 7) is 3.71. The predicted octanol–water partition coefficient (Wildman–Crippen LogP) is 1.76. The van der Waals surface area contributed by atoms with Gasteiger partial charge in [0, 0.05) is 14.1 Å². The van der Waals surface area contributed by atoms with E-state index in [1.54, 1.807) is 27.1 Å². The molecule has 4 nitrogen and oxygen atoms in total. The van der Waals surface area contributed by atoms with Crippen LogP contribution in [-0.4, -0.2) is 30.9 Å². The highest BCUT2D eigenvalue weighted by molar-refractivity contribution is 5.84. The second kappa shape index (κ2) is 5.35. The molecule has 90 valence electrons. The van der Waals surface area contributed by atoms with Gasteiger partial charge < -0.3 is 10.2 Å². The molecule has 1 aromatic rings. The smallest absolute Gasteiger partial charge is 0.244 e. The molecule has 0 radical (unpaired) electrons. The quantitative estimate of drug-likeness (QED) is 0.862. The van der Waals surface area contributed by atoms with Gasteiger partial charge in [-0.25, -0.2) is 0 Å². The number of carbonyl (C=O) groups excluding carboxylic acids is 1. The number of nitriles is 1. The minimum Gasteiger partial charge on any atom is -0.373 e. The SMILES string of the molecule is Cc1ccc(NC(C)C(=O)N(C)C)c(C#N)c1. The molecule has 0 aliphatic rings. The van der Waals surface area contributed by atoms with Crippen LogP contribution in [0.15, 0.2) is 18.2 Å². The molecule has 4 heteroatoms. The monoisotopic (exact) mass is 231 g/mol. The molecule has 1 amide bonds. The molecule has 0 spiro atoms. The summed E-state index contributed by atoms with van der Waals surface area (Å²) >= 11 is 0. The van der Waals surface area contributed by atoms with Crippen molar-refractivity contribution in [1.82, 2.24) is 4.90 Å². The maximum absolute atomic E-state index is 11.7. The van der Waals surface area contributed by atoms with E-state index < -0.39 is 0 Å². The van der Waals surface area contributed by atoms with Gasteiger partial charge in [-0.15, -0.1) is 0 Å². The van der Waals surface area contributed by atoms with Gasteiger partial charge in [0.25, 0.3) is 0 Å². The molecule has 1 unspecified atom stereocenters. The average Bonchev–Trinajstić information content (AvgIpc) is 2.30. The normalized spacial score (nSPS) is 11.5. The summed E-state index contributed by atoms with van der Waals surface area (Å²) in [4.78, 5) is 13.2. The van der Waals surface area contributed by atoms with Crippen molar-refractivity contribution in [1.29, 1.82) is 5.26 Å². The number of hydrogen-bond acceptors (Lipinski definition) is 3. The third kappa shape index (κ3) is 3.22. The lowest BCUT2D eigenvalue weighted by atomic mass is 10.1. The predicted molar refractivity (Wildman–Crippen MR) is 67.7 cm³/mol. The topological polar surface area (TPSA) is 56.1 Å². The standard InChI is InChI=1S/C13H17N3O/c1-9-5-6-12(11(7-9)8-14)15-10(2)13(17)16(3)4/h5-7,10,15H,1-4H3. The van der Waals surface area contributed by atoms with Crippen LogP contribution in [0, 0.1) is 18.3 Å². The average molecular weight is 231 g/mol. The fraction of sp³-hybridized carbons (Fsp3) is 0.385. The molecule has 0 aromatic heterocycles. The summed E-state index contributed by atoms with van der Waals surface area (Å²) in [5.41, 5.74) is 2.28. The largest absolute Gasteiger partial charge is 0.373 e. The molecular formula is C13H17N3O. The highest BCUT2D eigenvalue weighted by Gasteiger charge is 2.15. The molecule has 0 bridgehead atoms. The first kappa shape index (κ1) is 13.0. The first-order valence-corrected chi connectivity index (χ1v) is 5.44. The molecule has 1 rings (SSSR count). The lowest BCUT2D eigenvalue weighted by Crippen LogP contribution is -2.36. The van der Waals surface area contributed by atoms with E-state index in [0.29, 0.717) is 11.3 Å². The number of nitrogens with one attached hydrogen (secondary N) is 1. The zero-order valence-corrected chi connectivity index (χ0v) is 10.6. The molecule has 0 heterocycles. The number of nitrogens with zero attached hydrogens (tertiary/aromatic N) is 2. The third-order valence-electron chi connectivity index (χ3n) is 2.48. The van der Waals surface area contributed by atoms with Crippen molar-refractivity contribution in [3.05, 3.63) is 29.3 Å². The van der Waals surface area contributed by atoms with E-state index in [9.17, 15) is 4.79 Å². The van der Waals surface area contributed by atoms with Crippen LogP contribution in [-0.2, 0) is 4.79 Å². The van der Waals surface area contributed by atoms with E-state index in [0.717, 1.165) is 5.56 Å². The first-order chi connectivity index (χ1) is 7.95. The molecule has 17 heavy (non-hydrogen) atoms. The van der Waals surface area contributed by atoms with Crippen LogP contribution in [0.4, 0.5) is 5.69 Å². The van der Waals surface area contributed by atoms with Crippen molar-refractivity contribution in [3.63, 3.8) is 0 Å². The molecule has 0 fully saturated rings.